The number of hydrogen-bond donors (Lipinski definition) is 1. The van der Waals surface area contributed by atoms with Crippen molar-refractivity contribution in [2.75, 3.05) is 51.3 Å². The Hall–Kier alpha value is -1.22. The summed E-state index contributed by atoms with van der Waals surface area (Å²) in [5.74, 6) is 1.46. The lowest BCUT2D eigenvalue weighted by Crippen LogP contribution is -2.41. The number of hydrogen-bond acceptors (Lipinski definition) is 6. The van der Waals surface area contributed by atoms with Crippen LogP contribution in [0.15, 0.2) is 23.2 Å². The van der Waals surface area contributed by atoms with Crippen LogP contribution in [0.25, 0.3) is 0 Å². The van der Waals surface area contributed by atoms with Gasteiger partial charge >= 0.3 is 0 Å². The summed E-state index contributed by atoms with van der Waals surface area (Å²) >= 11 is 0. The Bertz CT molecular complexity index is 705. The summed E-state index contributed by atoms with van der Waals surface area (Å²) in [5.41, 5.74) is 0. The van der Waals surface area contributed by atoms with Crippen LogP contribution in [-0.4, -0.2) is 74.6 Å². The average molecular weight is 395 g/mol. The van der Waals surface area contributed by atoms with Gasteiger partial charge in [0.2, 0.25) is 10.0 Å². The molecule has 0 saturated carbocycles. The van der Waals surface area contributed by atoms with Gasteiger partial charge in [0, 0.05) is 51.6 Å². The van der Waals surface area contributed by atoms with Crippen molar-refractivity contribution in [2.45, 2.75) is 43.0 Å². The van der Waals surface area contributed by atoms with Crippen molar-refractivity contribution in [3.63, 3.8) is 0 Å². The summed E-state index contributed by atoms with van der Waals surface area (Å²) in [5, 5.41) is 3.47. The third-order valence-corrected chi connectivity index (χ3v) is 7.80. The number of piperidine rings is 1. The Kier molecular flexibility index (Phi) is 5.96. The van der Waals surface area contributed by atoms with Crippen molar-refractivity contribution in [3.8, 4) is 0 Å². The number of nitrogens with one attached hydrogen (secondary N) is 1. The summed E-state index contributed by atoms with van der Waals surface area (Å²) in [6.45, 7) is 6.40. The summed E-state index contributed by atoms with van der Waals surface area (Å²) in [6, 6.07) is 3.87. The summed E-state index contributed by atoms with van der Waals surface area (Å²) in [4.78, 5) is 7.20. The number of nitrogens with zero attached hydrogens (tertiary/aromatic N) is 3. The van der Waals surface area contributed by atoms with E-state index in [9.17, 15) is 8.42 Å². The predicted molar refractivity (Wildman–Crippen MR) is 104 cm³/mol. The van der Waals surface area contributed by atoms with E-state index in [0.29, 0.717) is 29.9 Å². The molecule has 0 amide bonds. The van der Waals surface area contributed by atoms with Crippen LogP contribution in [-0.2, 0) is 14.8 Å². The maximum atomic E-state index is 12.6. The van der Waals surface area contributed by atoms with Crippen molar-refractivity contribution in [2.24, 2.45) is 5.92 Å². The number of aromatic nitrogens is 1. The van der Waals surface area contributed by atoms with Crippen molar-refractivity contribution in [3.05, 3.63) is 18.3 Å². The van der Waals surface area contributed by atoms with Crippen LogP contribution in [0.4, 0.5) is 5.82 Å². The highest BCUT2D eigenvalue weighted by atomic mass is 32.2. The average Bonchev–Trinajstić information content (AvgIpc) is 3.38. The molecule has 150 valence electrons. The molecule has 3 saturated heterocycles. The maximum Gasteiger partial charge on any atom is 0.244 e. The third kappa shape index (κ3) is 4.62. The zero-order valence-electron chi connectivity index (χ0n) is 15.8. The monoisotopic (exact) mass is 394 g/mol. The van der Waals surface area contributed by atoms with Gasteiger partial charge < -0.3 is 15.0 Å². The zero-order chi connectivity index (χ0) is 18.7. The molecule has 7 nitrogen and oxygen atoms in total. The van der Waals surface area contributed by atoms with E-state index in [-0.39, 0.29) is 0 Å². The van der Waals surface area contributed by atoms with Gasteiger partial charge in [-0.1, -0.05) is 0 Å². The van der Waals surface area contributed by atoms with E-state index in [1.165, 1.54) is 12.6 Å². The van der Waals surface area contributed by atoms with Gasteiger partial charge in [0.25, 0.3) is 0 Å². The molecule has 1 N–H and O–H groups in total. The quantitative estimate of drug-likeness (QED) is 0.793. The third-order valence-electron chi connectivity index (χ3n) is 5.92. The first-order valence-electron chi connectivity index (χ1n) is 10.1. The van der Waals surface area contributed by atoms with E-state index in [1.807, 2.05) is 0 Å². The molecule has 1 atom stereocenters. The number of ether oxygens (including phenoxy) is 1. The number of sulfonamides is 1. The van der Waals surface area contributed by atoms with Crippen molar-refractivity contribution < 1.29 is 13.2 Å². The minimum atomic E-state index is -3.38. The molecule has 4 rings (SSSR count). The van der Waals surface area contributed by atoms with E-state index in [1.54, 1.807) is 16.4 Å². The molecule has 3 fully saturated rings. The largest absolute Gasteiger partial charge is 0.381 e. The molecule has 4 heterocycles. The van der Waals surface area contributed by atoms with Gasteiger partial charge in [-0.15, -0.1) is 0 Å². The molecule has 0 spiro atoms. The lowest BCUT2D eigenvalue weighted by atomic mass is 10.0. The highest BCUT2D eigenvalue weighted by Crippen LogP contribution is 2.22. The first-order valence-corrected chi connectivity index (χ1v) is 11.6. The van der Waals surface area contributed by atoms with Crippen LogP contribution in [0, 0.1) is 5.92 Å². The minimum absolute atomic E-state index is 0.295. The van der Waals surface area contributed by atoms with Crippen LogP contribution in [0.2, 0.25) is 0 Å². The fourth-order valence-corrected chi connectivity index (χ4v) is 5.72. The molecule has 8 heteroatoms. The Labute approximate surface area is 162 Å². The molecule has 0 aliphatic carbocycles. The number of rotatable bonds is 6. The SMILES string of the molecule is O=S(=O)(c1ccc(NC2CCN(CC3CCOC3)CC2)nc1)N1CCCC1. The van der Waals surface area contributed by atoms with Crippen molar-refractivity contribution in [1.82, 2.24) is 14.2 Å². The Balaban J connectivity index is 1.27. The van der Waals surface area contributed by atoms with E-state index >= 15 is 0 Å². The van der Waals surface area contributed by atoms with Crippen LogP contribution in [0.5, 0.6) is 0 Å². The summed E-state index contributed by atoms with van der Waals surface area (Å²) < 4.78 is 32.2. The van der Waals surface area contributed by atoms with Crippen LogP contribution in [0.3, 0.4) is 0 Å². The molecule has 1 unspecified atom stereocenters. The van der Waals surface area contributed by atoms with Crippen LogP contribution < -0.4 is 5.32 Å². The number of likely N-dealkylation sites (tertiary alicyclic amines) is 1. The van der Waals surface area contributed by atoms with Gasteiger partial charge in [-0.05, 0) is 50.2 Å². The second kappa shape index (κ2) is 8.43. The molecular weight excluding hydrogens is 364 g/mol. The van der Waals surface area contributed by atoms with Gasteiger partial charge in [-0.3, -0.25) is 0 Å². The van der Waals surface area contributed by atoms with Gasteiger partial charge in [0.15, 0.2) is 0 Å². The molecule has 1 aromatic heterocycles. The van der Waals surface area contributed by atoms with Gasteiger partial charge in [-0.25, -0.2) is 13.4 Å². The lowest BCUT2D eigenvalue weighted by molar-refractivity contribution is 0.154. The maximum absolute atomic E-state index is 12.6. The zero-order valence-corrected chi connectivity index (χ0v) is 16.7. The molecule has 0 aromatic carbocycles. The second-order valence-electron chi connectivity index (χ2n) is 7.94. The fourth-order valence-electron chi connectivity index (χ4n) is 4.26. The summed E-state index contributed by atoms with van der Waals surface area (Å²) in [7, 11) is -3.38. The Morgan fingerprint density at radius 2 is 1.89 bits per heavy atom. The molecular formula is C19H30N4O3S. The first-order chi connectivity index (χ1) is 13.1. The summed E-state index contributed by atoms with van der Waals surface area (Å²) in [6.07, 6.45) is 6.74. The van der Waals surface area contributed by atoms with Gasteiger partial charge in [-0.2, -0.15) is 4.31 Å². The Morgan fingerprint density at radius 1 is 1.11 bits per heavy atom. The normalized spacial score (nSPS) is 25.9. The smallest absolute Gasteiger partial charge is 0.244 e. The molecule has 3 aliphatic heterocycles. The highest BCUT2D eigenvalue weighted by Gasteiger charge is 2.28. The highest BCUT2D eigenvalue weighted by molar-refractivity contribution is 7.89. The van der Waals surface area contributed by atoms with Crippen molar-refractivity contribution >= 4 is 15.8 Å². The molecule has 1 aromatic rings. The molecule has 27 heavy (non-hydrogen) atoms. The minimum Gasteiger partial charge on any atom is -0.381 e. The van der Waals surface area contributed by atoms with E-state index in [0.717, 1.165) is 64.3 Å². The van der Waals surface area contributed by atoms with Crippen LogP contribution in [0.1, 0.15) is 32.1 Å². The van der Waals surface area contributed by atoms with Crippen LogP contribution >= 0.6 is 0 Å². The first kappa shape index (κ1) is 19.1. The standard InChI is InChI=1S/C19H30N4O3S/c24-27(25,23-8-1-2-9-23)18-3-4-19(20-13-18)21-17-5-10-22(11-6-17)14-16-7-12-26-15-16/h3-4,13,16-17H,1-2,5-12,14-15H2,(H,20,21). The molecule has 3 aliphatic rings. The molecule has 0 radical (unpaired) electrons. The Morgan fingerprint density at radius 3 is 2.52 bits per heavy atom. The number of anilines is 1. The second-order valence-corrected chi connectivity index (χ2v) is 9.88. The van der Waals surface area contributed by atoms with E-state index in [2.05, 4.69) is 15.2 Å². The topological polar surface area (TPSA) is 74.8 Å². The fraction of sp³-hybridized carbons (Fsp3) is 0.737. The lowest BCUT2D eigenvalue weighted by Gasteiger charge is -2.33. The van der Waals surface area contributed by atoms with E-state index in [4.69, 9.17) is 4.74 Å². The van der Waals surface area contributed by atoms with Gasteiger partial charge in [0.1, 0.15) is 10.7 Å². The van der Waals surface area contributed by atoms with Crippen molar-refractivity contribution in [1.29, 1.82) is 0 Å². The van der Waals surface area contributed by atoms with E-state index < -0.39 is 10.0 Å². The number of pyridine rings is 1. The predicted octanol–water partition coefficient (Wildman–Crippen LogP) is 1.78. The molecule has 0 bridgehead atoms. The van der Waals surface area contributed by atoms with Gasteiger partial charge in [0.05, 0.1) is 6.61 Å².